The van der Waals surface area contributed by atoms with Gasteiger partial charge in [0, 0.05) is 42.6 Å². The van der Waals surface area contributed by atoms with E-state index in [2.05, 4.69) is 11.4 Å². The summed E-state index contributed by atoms with van der Waals surface area (Å²) in [5, 5.41) is 13.1. The first-order chi connectivity index (χ1) is 10.6. The van der Waals surface area contributed by atoms with Gasteiger partial charge in [-0.05, 0) is 30.9 Å². The van der Waals surface area contributed by atoms with Crippen LogP contribution in [0, 0.1) is 5.92 Å². The first-order valence-corrected chi connectivity index (χ1v) is 8.41. The molecule has 1 aliphatic heterocycles. The van der Waals surface area contributed by atoms with Crippen molar-refractivity contribution in [1.82, 2.24) is 10.2 Å². The Morgan fingerprint density at radius 1 is 1.41 bits per heavy atom. The highest BCUT2D eigenvalue weighted by Gasteiger charge is 2.40. The zero-order valence-electron chi connectivity index (χ0n) is 12.7. The van der Waals surface area contributed by atoms with Gasteiger partial charge < -0.3 is 15.3 Å². The molecule has 4 nitrogen and oxygen atoms in total. The molecule has 1 aromatic rings. The maximum atomic E-state index is 12.3. The second-order valence-electron chi connectivity index (χ2n) is 6.56. The number of nitrogens with one attached hydrogen (secondary N) is 1. The number of benzene rings is 1. The molecule has 2 aliphatic rings. The van der Waals surface area contributed by atoms with Crippen molar-refractivity contribution in [2.24, 2.45) is 5.92 Å². The molecule has 1 atom stereocenters. The van der Waals surface area contributed by atoms with Crippen LogP contribution < -0.4 is 5.32 Å². The summed E-state index contributed by atoms with van der Waals surface area (Å²) in [6.45, 7) is 2.18. The Balaban J connectivity index is 1.62. The van der Waals surface area contributed by atoms with Gasteiger partial charge in [-0.15, -0.1) is 0 Å². The number of aliphatic hydroxyl groups excluding tert-OH is 1. The Morgan fingerprint density at radius 3 is 2.77 bits per heavy atom. The highest BCUT2D eigenvalue weighted by molar-refractivity contribution is 6.31. The van der Waals surface area contributed by atoms with Crippen LogP contribution in [0.15, 0.2) is 24.3 Å². The number of carbonyl (C=O) groups is 1. The molecule has 0 aromatic heterocycles. The highest BCUT2D eigenvalue weighted by atomic mass is 35.5. The fourth-order valence-corrected chi connectivity index (χ4v) is 3.90. The predicted molar refractivity (Wildman–Crippen MR) is 87.1 cm³/mol. The Morgan fingerprint density at radius 2 is 2.18 bits per heavy atom. The Labute approximate surface area is 136 Å². The fourth-order valence-electron chi connectivity index (χ4n) is 3.56. The van der Waals surface area contributed by atoms with E-state index in [4.69, 9.17) is 11.6 Å². The average Bonchev–Trinajstić information content (AvgIpc) is 2.96. The van der Waals surface area contributed by atoms with Gasteiger partial charge in [0.2, 0.25) is 0 Å². The normalized spacial score (nSPS) is 23.2. The quantitative estimate of drug-likeness (QED) is 0.895. The van der Waals surface area contributed by atoms with E-state index in [-0.39, 0.29) is 24.0 Å². The Hall–Kier alpha value is -1.26. The summed E-state index contributed by atoms with van der Waals surface area (Å²) >= 11 is 6.35. The molecule has 120 valence electrons. The summed E-state index contributed by atoms with van der Waals surface area (Å²) in [5.74, 6) is 0.229. The molecule has 2 fully saturated rings. The largest absolute Gasteiger partial charge is 0.396 e. The molecule has 1 aliphatic carbocycles. The van der Waals surface area contributed by atoms with Crippen molar-refractivity contribution in [2.75, 3.05) is 26.2 Å². The van der Waals surface area contributed by atoms with E-state index in [9.17, 15) is 9.90 Å². The second-order valence-corrected chi connectivity index (χ2v) is 6.96. The zero-order chi connectivity index (χ0) is 15.6. The number of halogens is 1. The molecule has 2 amide bonds. The van der Waals surface area contributed by atoms with Gasteiger partial charge in [0.25, 0.3) is 0 Å². The van der Waals surface area contributed by atoms with Crippen LogP contribution in [0.1, 0.15) is 31.2 Å². The zero-order valence-corrected chi connectivity index (χ0v) is 13.5. The topological polar surface area (TPSA) is 52.6 Å². The van der Waals surface area contributed by atoms with Gasteiger partial charge in [-0.2, -0.15) is 0 Å². The van der Waals surface area contributed by atoms with Crippen LogP contribution in [0.2, 0.25) is 5.02 Å². The van der Waals surface area contributed by atoms with Crippen molar-refractivity contribution in [3.63, 3.8) is 0 Å². The van der Waals surface area contributed by atoms with Gasteiger partial charge in [0.05, 0.1) is 0 Å². The molecule has 0 radical (unpaired) electrons. The SMILES string of the molecule is O=C(NCC1(c2ccccc2Cl)CCC1)N1CCC(CO)C1. The Kier molecular flexibility index (Phi) is 4.59. The highest BCUT2D eigenvalue weighted by Crippen LogP contribution is 2.45. The lowest BCUT2D eigenvalue weighted by Crippen LogP contribution is -2.49. The summed E-state index contributed by atoms with van der Waals surface area (Å²) in [6, 6.07) is 7.93. The van der Waals surface area contributed by atoms with E-state index in [0.29, 0.717) is 13.1 Å². The third kappa shape index (κ3) is 2.95. The molecule has 5 heteroatoms. The second kappa shape index (κ2) is 6.47. The molecule has 22 heavy (non-hydrogen) atoms. The van der Waals surface area contributed by atoms with Crippen LogP contribution in [0.5, 0.6) is 0 Å². The van der Waals surface area contributed by atoms with E-state index in [1.165, 1.54) is 6.42 Å². The maximum Gasteiger partial charge on any atom is 0.317 e. The first-order valence-electron chi connectivity index (χ1n) is 8.03. The molecule has 3 rings (SSSR count). The van der Waals surface area contributed by atoms with Crippen LogP contribution >= 0.6 is 11.6 Å². The molecule has 1 unspecified atom stereocenters. The van der Waals surface area contributed by atoms with E-state index >= 15 is 0 Å². The van der Waals surface area contributed by atoms with Crippen LogP contribution in [0.25, 0.3) is 0 Å². The molecule has 0 spiro atoms. The van der Waals surface area contributed by atoms with E-state index in [1.54, 1.807) is 4.90 Å². The standard InChI is InChI=1S/C17H23ClN2O2/c18-15-5-2-1-4-14(15)17(7-3-8-17)12-19-16(22)20-9-6-13(10-20)11-21/h1-2,4-5,13,21H,3,6-12H2,(H,19,22). The number of likely N-dealkylation sites (tertiary alicyclic amines) is 1. The Bertz CT molecular complexity index is 545. The molecular formula is C17H23ClN2O2. The minimum Gasteiger partial charge on any atom is -0.396 e. The minimum atomic E-state index is -0.0192. The fraction of sp³-hybridized carbons (Fsp3) is 0.588. The summed E-state index contributed by atoms with van der Waals surface area (Å²) in [6.07, 6.45) is 4.20. The molecule has 1 aromatic carbocycles. The van der Waals surface area contributed by atoms with E-state index < -0.39 is 0 Å². The van der Waals surface area contributed by atoms with Crippen LogP contribution in [0.4, 0.5) is 4.79 Å². The molecule has 1 saturated heterocycles. The van der Waals surface area contributed by atoms with Gasteiger partial charge in [-0.1, -0.05) is 36.2 Å². The molecule has 0 bridgehead atoms. The molecule has 1 heterocycles. The smallest absolute Gasteiger partial charge is 0.317 e. The molecular weight excluding hydrogens is 300 g/mol. The van der Waals surface area contributed by atoms with Gasteiger partial charge in [0.15, 0.2) is 0 Å². The number of hydrogen-bond acceptors (Lipinski definition) is 2. The summed E-state index contributed by atoms with van der Waals surface area (Å²) in [5.41, 5.74) is 1.14. The van der Waals surface area contributed by atoms with Crippen molar-refractivity contribution in [2.45, 2.75) is 31.1 Å². The lowest BCUT2D eigenvalue weighted by atomic mass is 9.64. The van der Waals surface area contributed by atoms with Gasteiger partial charge in [-0.3, -0.25) is 0 Å². The lowest BCUT2D eigenvalue weighted by molar-refractivity contribution is 0.185. The number of hydrogen-bond donors (Lipinski definition) is 2. The van der Waals surface area contributed by atoms with E-state index in [1.807, 2.05) is 18.2 Å². The van der Waals surface area contributed by atoms with Crippen molar-refractivity contribution in [3.8, 4) is 0 Å². The number of rotatable bonds is 4. The first kappa shape index (κ1) is 15.6. The summed E-state index contributed by atoms with van der Waals surface area (Å²) < 4.78 is 0. The number of aliphatic hydroxyl groups is 1. The number of amides is 2. The minimum absolute atomic E-state index is 0.00981. The maximum absolute atomic E-state index is 12.3. The van der Waals surface area contributed by atoms with Gasteiger partial charge >= 0.3 is 6.03 Å². The van der Waals surface area contributed by atoms with Gasteiger partial charge in [-0.25, -0.2) is 4.79 Å². The third-order valence-corrected chi connectivity index (χ3v) is 5.49. The number of nitrogens with zero attached hydrogens (tertiary/aromatic N) is 1. The van der Waals surface area contributed by atoms with Crippen molar-refractivity contribution < 1.29 is 9.90 Å². The van der Waals surface area contributed by atoms with E-state index in [0.717, 1.165) is 36.4 Å². The van der Waals surface area contributed by atoms with Crippen LogP contribution in [-0.2, 0) is 5.41 Å². The molecule has 1 saturated carbocycles. The van der Waals surface area contributed by atoms with Crippen molar-refractivity contribution in [1.29, 1.82) is 0 Å². The van der Waals surface area contributed by atoms with Crippen molar-refractivity contribution >= 4 is 17.6 Å². The summed E-state index contributed by atoms with van der Waals surface area (Å²) in [7, 11) is 0. The molecule has 2 N–H and O–H groups in total. The monoisotopic (exact) mass is 322 g/mol. The van der Waals surface area contributed by atoms with Crippen LogP contribution in [0.3, 0.4) is 0 Å². The number of carbonyl (C=O) groups excluding carboxylic acids is 1. The average molecular weight is 323 g/mol. The number of urea groups is 1. The van der Waals surface area contributed by atoms with Crippen LogP contribution in [-0.4, -0.2) is 42.3 Å². The third-order valence-electron chi connectivity index (χ3n) is 5.17. The lowest BCUT2D eigenvalue weighted by Gasteiger charge is -2.43. The summed E-state index contributed by atoms with van der Waals surface area (Å²) in [4.78, 5) is 14.1. The van der Waals surface area contributed by atoms with Gasteiger partial charge in [0.1, 0.15) is 0 Å². The predicted octanol–water partition coefficient (Wildman–Crippen LogP) is 2.79. The van der Waals surface area contributed by atoms with Crippen molar-refractivity contribution in [3.05, 3.63) is 34.9 Å².